The van der Waals surface area contributed by atoms with E-state index in [9.17, 15) is 4.79 Å². The van der Waals surface area contributed by atoms with Crippen molar-refractivity contribution < 1.29 is 19.0 Å². The van der Waals surface area contributed by atoms with Crippen LogP contribution in [0.3, 0.4) is 0 Å². The van der Waals surface area contributed by atoms with E-state index in [0.717, 1.165) is 10.0 Å². The van der Waals surface area contributed by atoms with Crippen LogP contribution in [0.1, 0.15) is 22.8 Å². The Morgan fingerprint density at radius 3 is 2.68 bits per heavy atom. The Hall–Kier alpha value is -2.54. The first-order chi connectivity index (χ1) is 12.1. The Kier molecular flexibility index (Phi) is 5.23. The van der Waals surface area contributed by atoms with Gasteiger partial charge in [-0.1, -0.05) is 15.9 Å². The third-order valence-corrected chi connectivity index (χ3v) is 4.18. The molecule has 0 saturated heterocycles. The van der Waals surface area contributed by atoms with Gasteiger partial charge in [0.1, 0.15) is 19.0 Å². The molecule has 6 nitrogen and oxygen atoms in total. The molecule has 7 heteroatoms. The van der Waals surface area contributed by atoms with Crippen LogP contribution in [0.5, 0.6) is 17.2 Å². The van der Waals surface area contributed by atoms with Crippen LogP contribution < -0.4 is 19.6 Å². The van der Waals surface area contributed by atoms with Crippen LogP contribution in [0.4, 0.5) is 0 Å². The summed E-state index contributed by atoms with van der Waals surface area (Å²) in [6.07, 6.45) is 0. The number of methoxy groups -OCH3 is 1. The van der Waals surface area contributed by atoms with Crippen molar-refractivity contribution in [1.29, 1.82) is 0 Å². The predicted octanol–water partition coefficient (Wildman–Crippen LogP) is 3.38. The summed E-state index contributed by atoms with van der Waals surface area (Å²) in [7, 11) is 1.52. The molecule has 130 valence electrons. The predicted molar refractivity (Wildman–Crippen MR) is 97.8 cm³/mol. The van der Waals surface area contributed by atoms with Gasteiger partial charge >= 0.3 is 0 Å². The minimum atomic E-state index is -0.352. The largest absolute Gasteiger partial charge is 0.496 e. The molecule has 1 heterocycles. The second-order valence-electron chi connectivity index (χ2n) is 5.34. The first kappa shape index (κ1) is 17.3. The zero-order chi connectivity index (χ0) is 17.8. The molecule has 0 bridgehead atoms. The van der Waals surface area contributed by atoms with Gasteiger partial charge in [0.05, 0.1) is 18.4 Å². The fourth-order valence-electron chi connectivity index (χ4n) is 2.39. The molecule has 0 radical (unpaired) electrons. The molecule has 2 aromatic rings. The van der Waals surface area contributed by atoms with Crippen molar-refractivity contribution in [3.8, 4) is 17.2 Å². The second-order valence-corrected chi connectivity index (χ2v) is 6.26. The maximum absolute atomic E-state index is 12.4. The normalized spacial score (nSPS) is 13.3. The number of ether oxygens (including phenoxy) is 3. The van der Waals surface area contributed by atoms with Crippen molar-refractivity contribution in [1.82, 2.24) is 5.43 Å². The lowest BCUT2D eigenvalue weighted by atomic mass is 10.1. The van der Waals surface area contributed by atoms with E-state index in [1.165, 1.54) is 7.11 Å². The molecular formula is C18H17BrN2O4. The topological polar surface area (TPSA) is 69.2 Å². The molecule has 1 amide bonds. The number of carbonyl (C=O) groups excluding carboxylic acids is 1. The lowest BCUT2D eigenvalue weighted by molar-refractivity contribution is 0.0951. The number of nitrogens with one attached hydrogen (secondary N) is 1. The molecule has 0 unspecified atom stereocenters. The van der Waals surface area contributed by atoms with Gasteiger partial charge in [-0.2, -0.15) is 5.10 Å². The number of hydrogen-bond donors (Lipinski definition) is 1. The van der Waals surface area contributed by atoms with Gasteiger partial charge in [-0.15, -0.1) is 0 Å². The van der Waals surface area contributed by atoms with Gasteiger partial charge in [0.2, 0.25) is 0 Å². The monoisotopic (exact) mass is 404 g/mol. The minimum absolute atomic E-state index is 0.352. The Balaban J connectivity index is 1.77. The Morgan fingerprint density at radius 2 is 1.92 bits per heavy atom. The molecule has 0 atom stereocenters. The number of carbonyl (C=O) groups is 1. The number of hydrogen-bond acceptors (Lipinski definition) is 5. The number of halogens is 1. The van der Waals surface area contributed by atoms with Crippen LogP contribution in [-0.4, -0.2) is 31.9 Å². The zero-order valence-electron chi connectivity index (χ0n) is 13.8. The van der Waals surface area contributed by atoms with E-state index in [-0.39, 0.29) is 5.91 Å². The SMILES string of the molecule is COc1ccc(Br)cc1C(=O)N/N=C(/C)c1ccc2c(c1)OCCO2. The van der Waals surface area contributed by atoms with Gasteiger partial charge in [-0.25, -0.2) is 5.43 Å². The summed E-state index contributed by atoms with van der Waals surface area (Å²) >= 11 is 3.35. The van der Waals surface area contributed by atoms with E-state index >= 15 is 0 Å². The van der Waals surface area contributed by atoms with Crippen LogP contribution in [0.25, 0.3) is 0 Å². The standard InChI is InChI=1S/C18H17BrN2O4/c1-11(12-3-5-16-17(9-12)25-8-7-24-16)20-21-18(22)14-10-13(19)4-6-15(14)23-2/h3-6,9-10H,7-8H2,1-2H3,(H,21,22)/b20-11-. The van der Waals surface area contributed by atoms with Crippen molar-refractivity contribution in [2.45, 2.75) is 6.92 Å². The molecule has 0 fully saturated rings. The molecule has 2 aromatic carbocycles. The average Bonchev–Trinajstić information content (AvgIpc) is 2.65. The fraction of sp³-hybridized carbons (Fsp3) is 0.222. The van der Waals surface area contributed by atoms with E-state index in [2.05, 4.69) is 26.5 Å². The van der Waals surface area contributed by atoms with E-state index in [1.54, 1.807) is 18.2 Å². The quantitative estimate of drug-likeness (QED) is 0.626. The van der Waals surface area contributed by atoms with Gasteiger partial charge in [-0.05, 0) is 43.3 Å². The molecule has 0 saturated carbocycles. The van der Waals surface area contributed by atoms with Gasteiger partial charge in [0, 0.05) is 10.0 Å². The molecule has 1 aliphatic rings. The van der Waals surface area contributed by atoms with Crippen LogP contribution in [0.15, 0.2) is 46.0 Å². The van der Waals surface area contributed by atoms with Crippen molar-refractivity contribution in [3.63, 3.8) is 0 Å². The smallest absolute Gasteiger partial charge is 0.275 e. The highest BCUT2D eigenvalue weighted by Gasteiger charge is 2.14. The summed E-state index contributed by atoms with van der Waals surface area (Å²) in [5.74, 6) is 1.52. The summed E-state index contributed by atoms with van der Waals surface area (Å²) < 4.78 is 17.1. The van der Waals surface area contributed by atoms with Crippen molar-refractivity contribution in [2.75, 3.05) is 20.3 Å². The molecule has 0 aromatic heterocycles. The number of benzene rings is 2. The van der Waals surface area contributed by atoms with Crippen LogP contribution >= 0.6 is 15.9 Å². The van der Waals surface area contributed by atoms with Crippen molar-refractivity contribution in [3.05, 3.63) is 52.0 Å². The third-order valence-electron chi connectivity index (χ3n) is 3.69. The molecule has 1 N–H and O–H groups in total. The number of rotatable bonds is 4. The van der Waals surface area contributed by atoms with Crippen molar-refractivity contribution >= 4 is 27.5 Å². The molecule has 25 heavy (non-hydrogen) atoms. The van der Waals surface area contributed by atoms with E-state index in [1.807, 2.05) is 25.1 Å². The van der Waals surface area contributed by atoms with Gasteiger partial charge < -0.3 is 14.2 Å². The second kappa shape index (κ2) is 7.57. The fourth-order valence-corrected chi connectivity index (χ4v) is 2.75. The van der Waals surface area contributed by atoms with E-state index < -0.39 is 0 Å². The number of nitrogens with zero attached hydrogens (tertiary/aromatic N) is 1. The lowest BCUT2D eigenvalue weighted by Crippen LogP contribution is -2.20. The Morgan fingerprint density at radius 1 is 1.16 bits per heavy atom. The number of hydrazone groups is 1. The van der Waals surface area contributed by atoms with E-state index in [0.29, 0.717) is 41.7 Å². The Labute approximate surface area is 153 Å². The summed E-state index contributed by atoms with van der Waals surface area (Å²) in [6.45, 7) is 2.87. The summed E-state index contributed by atoms with van der Waals surface area (Å²) in [5.41, 5.74) is 4.44. The zero-order valence-corrected chi connectivity index (χ0v) is 15.4. The van der Waals surface area contributed by atoms with Crippen LogP contribution in [-0.2, 0) is 0 Å². The first-order valence-electron chi connectivity index (χ1n) is 7.66. The summed E-state index contributed by atoms with van der Waals surface area (Å²) in [6, 6.07) is 10.8. The highest BCUT2D eigenvalue weighted by Crippen LogP contribution is 2.31. The van der Waals surface area contributed by atoms with Crippen molar-refractivity contribution in [2.24, 2.45) is 5.10 Å². The van der Waals surface area contributed by atoms with Crippen LogP contribution in [0.2, 0.25) is 0 Å². The maximum atomic E-state index is 12.4. The lowest BCUT2D eigenvalue weighted by Gasteiger charge is -2.18. The highest BCUT2D eigenvalue weighted by molar-refractivity contribution is 9.10. The third kappa shape index (κ3) is 3.93. The van der Waals surface area contributed by atoms with E-state index in [4.69, 9.17) is 14.2 Å². The molecule has 3 rings (SSSR count). The van der Waals surface area contributed by atoms with Gasteiger partial charge in [-0.3, -0.25) is 4.79 Å². The molecule has 1 aliphatic heterocycles. The van der Waals surface area contributed by atoms with Gasteiger partial charge in [0.25, 0.3) is 5.91 Å². The highest BCUT2D eigenvalue weighted by atomic mass is 79.9. The Bertz CT molecular complexity index is 836. The average molecular weight is 405 g/mol. The summed E-state index contributed by atoms with van der Waals surface area (Å²) in [4.78, 5) is 12.4. The first-order valence-corrected chi connectivity index (χ1v) is 8.46. The number of amides is 1. The minimum Gasteiger partial charge on any atom is -0.496 e. The van der Waals surface area contributed by atoms with Gasteiger partial charge in [0.15, 0.2) is 11.5 Å². The summed E-state index contributed by atoms with van der Waals surface area (Å²) in [5, 5.41) is 4.17. The number of fused-ring (bicyclic) bond motifs is 1. The molecule has 0 spiro atoms. The van der Waals surface area contributed by atoms with Crippen LogP contribution in [0, 0.1) is 0 Å². The molecular weight excluding hydrogens is 388 g/mol. The maximum Gasteiger partial charge on any atom is 0.275 e. The molecule has 0 aliphatic carbocycles.